The van der Waals surface area contributed by atoms with E-state index in [1.165, 1.54) is 24.7 Å². The molecule has 0 atom stereocenters. The zero-order chi connectivity index (χ0) is 27.1. The highest BCUT2D eigenvalue weighted by atomic mass is 35.5. The minimum Gasteiger partial charge on any atom is -0.494 e. The minimum atomic E-state index is -0.618. The molecule has 3 aromatic rings. The number of methoxy groups -OCH3 is 1. The van der Waals surface area contributed by atoms with Crippen LogP contribution in [0.5, 0.6) is 5.75 Å². The first-order chi connectivity index (χ1) is 17.6. The predicted octanol–water partition coefficient (Wildman–Crippen LogP) is 3.17. The van der Waals surface area contributed by atoms with Crippen molar-refractivity contribution in [3.63, 3.8) is 0 Å². The van der Waals surface area contributed by atoms with E-state index < -0.39 is 5.91 Å². The zero-order valence-corrected chi connectivity index (χ0v) is 21.8. The SMILES string of the molecule is C=CC(=O)Nc1cc(Nc2ncc(Cl)c(-c3cncc(C(N)=O)c3)n2)c(OC)cc1N(C)CCN(C)C. The molecule has 3 rings (SSSR count). The van der Waals surface area contributed by atoms with Crippen molar-refractivity contribution < 1.29 is 14.3 Å². The second-order valence-corrected chi connectivity index (χ2v) is 8.74. The second kappa shape index (κ2) is 12.2. The lowest BCUT2D eigenvalue weighted by atomic mass is 10.1. The number of likely N-dealkylation sites (N-methyl/N-ethyl adjacent to an activating group) is 2. The van der Waals surface area contributed by atoms with Gasteiger partial charge in [-0.25, -0.2) is 9.97 Å². The average molecular weight is 525 g/mol. The van der Waals surface area contributed by atoms with Crippen LogP contribution >= 0.6 is 11.6 Å². The van der Waals surface area contributed by atoms with Crippen LogP contribution in [0.15, 0.2) is 49.4 Å². The van der Waals surface area contributed by atoms with E-state index in [1.54, 1.807) is 19.2 Å². The highest BCUT2D eigenvalue weighted by Gasteiger charge is 2.17. The monoisotopic (exact) mass is 524 g/mol. The zero-order valence-electron chi connectivity index (χ0n) is 21.1. The van der Waals surface area contributed by atoms with Crippen molar-refractivity contribution >= 4 is 46.4 Å². The van der Waals surface area contributed by atoms with E-state index in [4.69, 9.17) is 22.1 Å². The van der Waals surface area contributed by atoms with Crippen LogP contribution in [0, 0.1) is 0 Å². The number of rotatable bonds is 11. The van der Waals surface area contributed by atoms with Crippen LogP contribution in [0.25, 0.3) is 11.3 Å². The van der Waals surface area contributed by atoms with Gasteiger partial charge in [-0.3, -0.25) is 14.6 Å². The number of pyridine rings is 1. The first kappa shape index (κ1) is 27.4. The van der Waals surface area contributed by atoms with E-state index in [0.29, 0.717) is 34.9 Å². The lowest BCUT2D eigenvalue weighted by molar-refractivity contribution is -0.111. The van der Waals surface area contributed by atoms with Gasteiger partial charge in [0.2, 0.25) is 17.8 Å². The summed E-state index contributed by atoms with van der Waals surface area (Å²) in [5.41, 5.74) is 8.25. The van der Waals surface area contributed by atoms with E-state index in [2.05, 4.69) is 37.1 Å². The summed E-state index contributed by atoms with van der Waals surface area (Å²) in [7, 11) is 7.45. The number of nitrogens with one attached hydrogen (secondary N) is 2. The molecule has 0 saturated carbocycles. The number of carbonyl (C=O) groups excluding carboxylic acids is 2. The number of nitrogens with two attached hydrogens (primary N) is 1. The number of aromatic nitrogens is 3. The summed E-state index contributed by atoms with van der Waals surface area (Å²) >= 11 is 6.34. The molecule has 2 aromatic heterocycles. The van der Waals surface area contributed by atoms with Gasteiger partial charge in [0.1, 0.15) is 5.75 Å². The number of carbonyl (C=O) groups is 2. The van der Waals surface area contributed by atoms with Crippen LogP contribution in [0.2, 0.25) is 5.02 Å². The molecule has 0 fully saturated rings. The molecule has 4 N–H and O–H groups in total. The summed E-state index contributed by atoms with van der Waals surface area (Å²) in [5.74, 6) is -0.268. The van der Waals surface area contributed by atoms with E-state index in [-0.39, 0.29) is 22.4 Å². The van der Waals surface area contributed by atoms with Gasteiger partial charge in [0.25, 0.3) is 0 Å². The van der Waals surface area contributed by atoms with Crippen molar-refractivity contribution in [1.82, 2.24) is 19.9 Å². The van der Waals surface area contributed by atoms with Crippen LogP contribution in [0.3, 0.4) is 0 Å². The van der Waals surface area contributed by atoms with Crippen LogP contribution in [-0.2, 0) is 4.79 Å². The maximum atomic E-state index is 12.2. The van der Waals surface area contributed by atoms with Crippen molar-refractivity contribution in [2.75, 3.05) is 56.9 Å². The van der Waals surface area contributed by atoms with Crippen LogP contribution in [0.1, 0.15) is 10.4 Å². The normalized spacial score (nSPS) is 10.6. The Balaban J connectivity index is 2.02. The van der Waals surface area contributed by atoms with Gasteiger partial charge in [0.05, 0.1) is 46.6 Å². The molecule has 0 unspecified atom stereocenters. The molecule has 0 spiro atoms. The number of halogens is 1. The largest absolute Gasteiger partial charge is 0.494 e. The van der Waals surface area contributed by atoms with E-state index in [0.717, 1.165) is 12.2 Å². The quantitative estimate of drug-likeness (QED) is 0.323. The van der Waals surface area contributed by atoms with Crippen molar-refractivity contribution in [3.8, 4) is 17.0 Å². The van der Waals surface area contributed by atoms with Crippen molar-refractivity contribution in [2.45, 2.75) is 0 Å². The summed E-state index contributed by atoms with van der Waals surface area (Å²) in [6.07, 6.45) is 5.51. The Morgan fingerprint density at radius 3 is 2.54 bits per heavy atom. The molecule has 2 heterocycles. The maximum absolute atomic E-state index is 12.2. The molecule has 1 aromatic carbocycles. The topological polar surface area (TPSA) is 139 Å². The molecule has 11 nitrogen and oxygen atoms in total. The Morgan fingerprint density at radius 2 is 1.89 bits per heavy atom. The molecule has 37 heavy (non-hydrogen) atoms. The third-order valence-corrected chi connectivity index (χ3v) is 5.62. The Labute approximate surface area is 220 Å². The third-order valence-electron chi connectivity index (χ3n) is 5.34. The number of primary amides is 1. The lowest BCUT2D eigenvalue weighted by Gasteiger charge is -2.26. The van der Waals surface area contributed by atoms with Gasteiger partial charge >= 0.3 is 0 Å². The first-order valence-electron chi connectivity index (χ1n) is 11.2. The highest BCUT2D eigenvalue weighted by Crippen LogP contribution is 2.38. The number of hydrogen-bond donors (Lipinski definition) is 3. The standard InChI is InChI=1S/C25H29ClN8O3/c1-6-22(35)30-18-10-19(21(37-5)11-20(18)34(4)8-7-33(2)3)31-25-29-14-17(26)23(32-25)15-9-16(24(27)36)13-28-12-15/h6,9-14H,1,7-8H2,2-5H3,(H2,27,36)(H,30,35)(H,29,31,32). The molecule has 12 heteroatoms. The van der Waals surface area contributed by atoms with Gasteiger partial charge in [-0.05, 0) is 32.3 Å². The van der Waals surface area contributed by atoms with Gasteiger partial charge < -0.3 is 30.9 Å². The summed E-state index contributed by atoms with van der Waals surface area (Å²) in [6, 6.07) is 5.09. The Hall–Kier alpha value is -4.22. The average Bonchev–Trinajstić information content (AvgIpc) is 2.88. The van der Waals surface area contributed by atoms with E-state index in [9.17, 15) is 9.59 Å². The predicted molar refractivity (Wildman–Crippen MR) is 146 cm³/mol. The lowest BCUT2D eigenvalue weighted by Crippen LogP contribution is -2.29. The molecule has 0 bridgehead atoms. The fourth-order valence-electron chi connectivity index (χ4n) is 3.36. The van der Waals surface area contributed by atoms with E-state index >= 15 is 0 Å². The molecule has 0 saturated heterocycles. The fourth-order valence-corrected chi connectivity index (χ4v) is 3.56. The van der Waals surface area contributed by atoms with Gasteiger partial charge in [-0.2, -0.15) is 0 Å². The summed E-state index contributed by atoms with van der Waals surface area (Å²) in [6.45, 7) is 5.06. The number of ether oxygens (including phenoxy) is 1. The number of nitrogens with zero attached hydrogens (tertiary/aromatic N) is 5. The molecule has 0 aliphatic carbocycles. The van der Waals surface area contributed by atoms with Gasteiger partial charge in [-0.1, -0.05) is 18.2 Å². The number of anilines is 4. The molecule has 0 aliphatic rings. The van der Waals surface area contributed by atoms with Crippen LogP contribution in [-0.4, -0.2) is 73.0 Å². The molecule has 194 valence electrons. The molecular formula is C25H29ClN8O3. The van der Waals surface area contributed by atoms with Crippen molar-refractivity contribution in [1.29, 1.82) is 0 Å². The number of amides is 2. The summed E-state index contributed by atoms with van der Waals surface area (Å²) in [5, 5.41) is 6.23. The van der Waals surface area contributed by atoms with Crippen LogP contribution in [0.4, 0.5) is 23.0 Å². The highest BCUT2D eigenvalue weighted by molar-refractivity contribution is 6.32. The number of hydrogen-bond acceptors (Lipinski definition) is 9. The molecular weight excluding hydrogens is 496 g/mol. The third kappa shape index (κ3) is 6.93. The van der Waals surface area contributed by atoms with Gasteiger partial charge in [-0.15, -0.1) is 0 Å². The van der Waals surface area contributed by atoms with Crippen molar-refractivity contribution in [2.24, 2.45) is 5.73 Å². The van der Waals surface area contributed by atoms with E-state index in [1.807, 2.05) is 32.1 Å². The Bertz CT molecular complexity index is 1320. The van der Waals surface area contributed by atoms with Gasteiger partial charge in [0.15, 0.2) is 0 Å². The molecule has 0 aliphatic heterocycles. The second-order valence-electron chi connectivity index (χ2n) is 8.33. The van der Waals surface area contributed by atoms with Crippen LogP contribution < -0.4 is 26.0 Å². The van der Waals surface area contributed by atoms with Crippen molar-refractivity contribution in [3.05, 3.63) is 60.0 Å². The minimum absolute atomic E-state index is 0.205. The Morgan fingerprint density at radius 1 is 1.14 bits per heavy atom. The summed E-state index contributed by atoms with van der Waals surface area (Å²) in [4.78, 5) is 40.6. The van der Waals surface area contributed by atoms with Gasteiger partial charge in [0, 0.05) is 44.2 Å². The first-order valence-corrected chi connectivity index (χ1v) is 11.6. The smallest absolute Gasteiger partial charge is 0.250 e. The Kier molecular flexibility index (Phi) is 8.99. The maximum Gasteiger partial charge on any atom is 0.250 e. The number of benzene rings is 1. The molecule has 0 radical (unpaired) electrons. The molecule has 2 amide bonds. The fraction of sp³-hybridized carbons (Fsp3) is 0.240. The summed E-state index contributed by atoms with van der Waals surface area (Å²) < 4.78 is 5.63.